The summed E-state index contributed by atoms with van der Waals surface area (Å²) in [5.74, 6) is -1.71. The molecule has 1 unspecified atom stereocenters. The van der Waals surface area contributed by atoms with Gasteiger partial charge in [0.2, 0.25) is 0 Å². The van der Waals surface area contributed by atoms with E-state index in [1.807, 2.05) is 0 Å². The summed E-state index contributed by atoms with van der Waals surface area (Å²) in [4.78, 5) is 13.9. The quantitative estimate of drug-likeness (QED) is 0.576. The zero-order chi connectivity index (χ0) is 25.1. The molecule has 1 N–H and O–H groups in total. The standard InChI is InChI=1S/C23H22F6N2O3/c1-21(2)19(13-4-3-5-16(8-13)30-10-14(11-30)20(32)33)31(12-22(24,25)26)17-7-6-15(23(27,28)29)9-18(17)34-21/h3-9,14,19H,10-12H2,1-2H3,(H,32,33). The summed E-state index contributed by atoms with van der Waals surface area (Å²) in [6, 6.07) is 8.18. The summed E-state index contributed by atoms with van der Waals surface area (Å²) in [5, 5.41) is 9.10. The highest BCUT2D eigenvalue weighted by atomic mass is 19.4. The number of alkyl halides is 6. The van der Waals surface area contributed by atoms with Gasteiger partial charge in [-0.3, -0.25) is 4.79 Å². The predicted octanol–water partition coefficient (Wildman–Crippen LogP) is 5.51. The Bertz CT molecular complexity index is 1090. The van der Waals surface area contributed by atoms with Crippen LogP contribution in [0.4, 0.5) is 37.7 Å². The molecule has 1 fully saturated rings. The van der Waals surface area contributed by atoms with Crippen LogP contribution in [0.1, 0.15) is 31.0 Å². The van der Waals surface area contributed by atoms with Crippen molar-refractivity contribution < 1.29 is 41.0 Å². The lowest BCUT2D eigenvalue weighted by Gasteiger charge is -2.49. The normalized spacial score (nSPS) is 20.4. The van der Waals surface area contributed by atoms with E-state index in [2.05, 4.69) is 0 Å². The Labute approximate surface area is 191 Å². The van der Waals surface area contributed by atoms with Gasteiger partial charge in [-0.1, -0.05) is 12.1 Å². The molecule has 2 aromatic carbocycles. The van der Waals surface area contributed by atoms with Crippen molar-refractivity contribution >= 4 is 17.3 Å². The number of ether oxygens (including phenoxy) is 1. The second kappa shape index (κ2) is 7.99. The maximum Gasteiger partial charge on any atom is 0.416 e. The van der Waals surface area contributed by atoms with Gasteiger partial charge in [-0.25, -0.2) is 0 Å². The Balaban J connectivity index is 1.76. The van der Waals surface area contributed by atoms with E-state index in [0.717, 1.165) is 23.1 Å². The lowest BCUT2D eigenvalue weighted by Crippen LogP contribution is -2.52. The SMILES string of the molecule is CC1(C)Oc2cc(C(F)(F)F)ccc2N(CC(F)(F)F)C1c1cccc(N2CC(C(=O)O)C2)c1. The molecule has 2 heterocycles. The Morgan fingerprint density at radius 3 is 2.35 bits per heavy atom. The van der Waals surface area contributed by atoms with Crippen LogP contribution in [-0.2, 0) is 11.0 Å². The number of nitrogens with zero attached hydrogens (tertiary/aromatic N) is 2. The van der Waals surface area contributed by atoms with Gasteiger partial charge in [-0.15, -0.1) is 0 Å². The van der Waals surface area contributed by atoms with Gasteiger partial charge in [0, 0.05) is 18.8 Å². The zero-order valence-corrected chi connectivity index (χ0v) is 18.2. The van der Waals surface area contributed by atoms with Crippen molar-refractivity contribution in [1.29, 1.82) is 0 Å². The molecule has 0 aliphatic carbocycles. The van der Waals surface area contributed by atoms with Crippen molar-refractivity contribution in [2.45, 2.75) is 37.8 Å². The maximum absolute atomic E-state index is 13.6. The fourth-order valence-electron chi connectivity index (χ4n) is 4.55. The molecule has 0 saturated carbocycles. The van der Waals surface area contributed by atoms with E-state index in [0.29, 0.717) is 11.3 Å². The van der Waals surface area contributed by atoms with E-state index in [1.165, 1.54) is 13.8 Å². The lowest BCUT2D eigenvalue weighted by molar-refractivity contribution is -0.142. The minimum absolute atomic E-state index is 0.0880. The van der Waals surface area contributed by atoms with E-state index >= 15 is 0 Å². The van der Waals surface area contributed by atoms with Gasteiger partial charge in [0.1, 0.15) is 17.9 Å². The monoisotopic (exact) mass is 488 g/mol. The van der Waals surface area contributed by atoms with Crippen molar-refractivity contribution in [2.75, 3.05) is 29.4 Å². The summed E-state index contributed by atoms with van der Waals surface area (Å²) < 4.78 is 86.3. The summed E-state index contributed by atoms with van der Waals surface area (Å²) in [5.41, 5.74) is -1.30. The number of hydrogen-bond donors (Lipinski definition) is 1. The number of anilines is 2. The molecule has 0 spiro atoms. The molecule has 2 aliphatic rings. The second-order valence-electron chi connectivity index (χ2n) is 9.07. The molecular formula is C23H22F6N2O3. The number of carbonyl (C=O) groups is 1. The van der Waals surface area contributed by atoms with Gasteiger partial charge in [0.05, 0.1) is 23.2 Å². The first-order valence-electron chi connectivity index (χ1n) is 10.5. The van der Waals surface area contributed by atoms with Gasteiger partial charge >= 0.3 is 18.3 Å². The number of halogens is 6. The highest BCUT2D eigenvalue weighted by molar-refractivity contribution is 5.74. The van der Waals surface area contributed by atoms with Crippen molar-refractivity contribution in [3.8, 4) is 5.75 Å². The summed E-state index contributed by atoms with van der Waals surface area (Å²) in [7, 11) is 0. The Kier molecular flexibility index (Phi) is 5.64. The average molecular weight is 488 g/mol. The van der Waals surface area contributed by atoms with E-state index in [4.69, 9.17) is 9.84 Å². The maximum atomic E-state index is 13.6. The van der Waals surface area contributed by atoms with Crippen LogP contribution < -0.4 is 14.5 Å². The van der Waals surface area contributed by atoms with Gasteiger partial charge in [0.15, 0.2) is 0 Å². The minimum atomic E-state index is -4.67. The van der Waals surface area contributed by atoms with Crippen LogP contribution in [0.5, 0.6) is 5.75 Å². The van der Waals surface area contributed by atoms with Gasteiger partial charge < -0.3 is 19.6 Å². The predicted molar refractivity (Wildman–Crippen MR) is 112 cm³/mol. The first-order chi connectivity index (χ1) is 15.7. The summed E-state index contributed by atoms with van der Waals surface area (Å²) >= 11 is 0. The third-order valence-electron chi connectivity index (χ3n) is 6.07. The molecule has 0 bridgehead atoms. The Morgan fingerprint density at radius 1 is 1.09 bits per heavy atom. The molecule has 2 aliphatic heterocycles. The van der Waals surface area contributed by atoms with Crippen LogP contribution >= 0.6 is 0 Å². The van der Waals surface area contributed by atoms with Gasteiger partial charge in [-0.05, 0) is 49.7 Å². The largest absolute Gasteiger partial charge is 0.483 e. The molecule has 1 saturated heterocycles. The van der Waals surface area contributed by atoms with Crippen molar-refractivity contribution in [3.05, 3.63) is 53.6 Å². The van der Waals surface area contributed by atoms with E-state index in [1.54, 1.807) is 29.2 Å². The molecule has 5 nitrogen and oxygen atoms in total. The van der Waals surface area contributed by atoms with Crippen molar-refractivity contribution in [3.63, 3.8) is 0 Å². The summed E-state index contributed by atoms with van der Waals surface area (Å²) in [6.45, 7) is 2.22. The highest BCUT2D eigenvalue weighted by Gasteiger charge is 2.47. The van der Waals surface area contributed by atoms with Crippen LogP contribution in [0.3, 0.4) is 0 Å². The molecule has 0 aromatic heterocycles. The molecule has 184 valence electrons. The van der Waals surface area contributed by atoms with Crippen LogP contribution in [0.15, 0.2) is 42.5 Å². The van der Waals surface area contributed by atoms with E-state index in [9.17, 15) is 31.1 Å². The number of carboxylic acid groups (broad SMARTS) is 1. The van der Waals surface area contributed by atoms with E-state index < -0.39 is 48.0 Å². The molecule has 11 heteroatoms. The smallest absolute Gasteiger partial charge is 0.416 e. The number of fused-ring (bicyclic) bond motifs is 1. The van der Waals surface area contributed by atoms with Crippen LogP contribution in [-0.4, -0.2) is 42.5 Å². The molecule has 34 heavy (non-hydrogen) atoms. The third kappa shape index (κ3) is 4.60. The van der Waals surface area contributed by atoms with Crippen molar-refractivity contribution in [1.82, 2.24) is 0 Å². The number of carboxylic acids is 1. The van der Waals surface area contributed by atoms with Crippen LogP contribution in [0.25, 0.3) is 0 Å². The zero-order valence-electron chi connectivity index (χ0n) is 18.2. The number of hydrogen-bond acceptors (Lipinski definition) is 4. The third-order valence-corrected chi connectivity index (χ3v) is 6.07. The van der Waals surface area contributed by atoms with Crippen molar-refractivity contribution in [2.24, 2.45) is 5.92 Å². The van der Waals surface area contributed by atoms with Gasteiger partial charge in [-0.2, -0.15) is 26.3 Å². The average Bonchev–Trinajstić information content (AvgIpc) is 2.63. The fraction of sp³-hybridized carbons (Fsp3) is 0.435. The van der Waals surface area contributed by atoms with Crippen LogP contribution in [0, 0.1) is 5.92 Å². The first kappa shape index (κ1) is 24.0. The summed E-state index contributed by atoms with van der Waals surface area (Å²) in [6.07, 6.45) is -9.30. The molecule has 2 aromatic rings. The minimum Gasteiger partial charge on any atom is -0.483 e. The van der Waals surface area contributed by atoms with E-state index in [-0.39, 0.29) is 24.5 Å². The fourth-order valence-corrected chi connectivity index (χ4v) is 4.55. The molecule has 1 atom stereocenters. The lowest BCUT2D eigenvalue weighted by atomic mass is 9.87. The first-order valence-corrected chi connectivity index (χ1v) is 10.5. The topological polar surface area (TPSA) is 53.0 Å². The van der Waals surface area contributed by atoms with Gasteiger partial charge in [0.25, 0.3) is 0 Å². The molecule has 0 amide bonds. The number of aliphatic carboxylic acids is 1. The molecule has 4 rings (SSSR count). The highest BCUT2D eigenvalue weighted by Crippen LogP contribution is 2.50. The molecule has 0 radical (unpaired) electrons. The number of rotatable bonds is 4. The second-order valence-corrected chi connectivity index (χ2v) is 9.07. The number of benzene rings is 2. The Hall–Kier alpha value is -3.11. The van der Waals surface area contributed by atoms with Crippen LogP contribution in [0.2, 0.25) is 0 Å². The Morgan fingerprint density at radius 2 is 1.76 bits per heavy atom. The molecular weight excluding hydrogens is 466 g/mol.